The molecule has 5 nitrogen and oxygen atoms in total. The number of amides is 1. The molecule has 0 heterocycles. The second-order valence-corrected chi connectivity index (χ2v) is 9.47. The normalized spacial score (nSPS) is 11.3. The molecule has 0 aliphatic carbocycles. The molecular weight excluding hydrogens is 410 g/mol. The number of nitrogens with zero attached hydrogens (tertiary/aromatic N) is 1. The molecular formula is C25H27NO4S. The summed E-state index contributed by atoms with van der Waals surface area (Å²) in [6, 6.07) is 17.3. The molecule has 0 unspecified atom stereocenters. The van der Waals surface area contributed by atoms with Gasteiger partial charge in [-0.15, -0.1) is 0 Å². The lowest BCUT2D eigenvalue weighted by Gasteiger charge is -2.25. The van der Waals surface area contributed by atoms with Gasteiger partial charge in [-0.1, -0.05) is 42.0 Å². The standard InChI is InChI=1S/C25H27NO4S/c1-17-12-14-22(15-13-17)31(28,29)26(23-10-6-8-18(2)20(23)4)25(27)16-30-24-11-7-9-19(3)21(24)5/h6-15H,16H2,1-5H3. The van der Waals surface area contributed by atoms with Crippen molar-refractivity contribution >= 4 is 21.6 Å². The van der Waals surface area contributed by atoms with Gasteiger partial charge in [-0.25, -0.2) is 8.42 Å². The summed E-state index contributed by atoms with van der Waals surface area (Å²) < 4.78 is 33.7. The highest BCUT2D eigenvalue weighted by Crippen LogP contribution is 2.29. The summed E-state index contributed by atoms with van der Waals surface area (Å²) in [7, 11) is -4.13. The highest BCUT2D eigenvalue weighted by Gasteiger charge is 2.32. The smallest absolute Gasteiger partial charge is 0.278 e. The van der Waals surface area contributed by atoms with E-state index in [4.69, 9.17) is 4.74 Å². The van der Waals surface area contributed by atoms with Crippen LogP contribution in [0.5, 0.6) is 5.75 Å². The molecule has 0 bridgehead atoms. The molecule has 0 aliphatic rings. The lowest BCUT2D eigenvalue weighted by atomic mass is 10.1. The van der Waals surface area contributed by atoms with Crippen LogP contribution in [-0.2, 0) is 14.8 Å². The average molecular weight is 438 g/mol. The zero-order valence-corrected chi connectivity index (χ0v) is 19.3. The first-order chi connectivity index (χ1) is 14.6. The average Bonchev–Trinajstić information content (AvgIpc) is 2.72. The highest BCUT2D eigenvalue weighted by molar-refractivity contribution is 7.93. The Kier molecular flexibility index (Phi) is 6.51. The second kappa shape index (κ2) is 8.94. The van der Waals surface area contributed by atoms with Crippen molar-refractivity contribution in [3.8, 4) is 5.75 Å². The molecule has 3 aromatic rings. The molecule has 0 saturated carbocycles. The number of ether oxygens (including phenoxy) is 1. The molecule has 3 aromatic carbocycles. The fraction of sp³-hybridized carbons (Fsp3) is 0.240. The van der Waals surface area contributed by atoms with E-state index >= 15 is 0 Å². The number of carbonyl (C=O) groups is 1. The number of hydrogen-bond acceptors (Lipinski definition) is 4. The van der Waals surface area contributed by atoms with Crippen LogP contribution >= 0.6 is 0 Å². The van der Waals surface area contributed by atoms with Gasteiger partial charge in [0.05, 0.1) is 10.6 Å². The third-order valence-electron chi connectivity index (χ3n) is 5.49. The van der Waals surface area contributed by atoms with E-state index in [-0.39, 0.29) is 4.90 Å². The molecule has 31 heavy (non-hydrogen) atoms. The Bertz CT molecular complexity index is 1210. The monoisotopic (exact) mass is 437 g/mol. The van der Waals surface area contributed by atoms with Crippen LogP contribution in [0.2, 0.25) is 0 Å². The molecule has 162 valence electrons. The van der Waals surface area contributed by atoms with Crippen molar-refractivity contribution in [3.63, 3.8) is 0 Å². The van der Waals surface area contributed by atoms with Gasteiger partial charge >= 0.3 is 0 Å². The van der Waals surface area contributed by atoms with Gasteiger partial charge in [-0.05, 0) is 81.1 Å². The maximum Gasteiger partial charge on any atom is 0.278 e. The Morgan fingerprint density at radius 3 is 2.03 bits per heavy atom. The van der Waals surface area contributed by atoms with Crippen LogP contribution in [0.15, 0.2) is 65.6 Å². The number of benzene rings is 3. The van der Waals surface area contributed by atoms with Crippen LogP contribution in [-0.4, -0.2) is 20.9 Å². The number of sulfonamides is 1. The van der Waals surface area contributed by atoms with Crippen LogP contribution in [0.1, 0.15) is 27.8 Å². The molecule has 6 heteroatoms. The van der Waals surface area contributed by atoms with Gasteiger partial charge in [-0.2, -0.15) is 4.31 Å². The van der Waals surface area contributed by atoms with Crippen LogP contribution in [0.3, 0.4) is 0 Å². The van der Waals surface area contributed by atoms with Gasteiger partial charge in [0.2, 0.25) is 0 Å². The third-order valence-corrected chi connectivity index (χ3v) is 7.24. The van der Waals surface area contributed by atoms with E-state index in [1.165, 1.54) is 12.1 Å². The topological polar surface area (TPSA) is 63.7 Å². The van der Waals surface area contributed by atoms with E-state index in [2.05, 4.69) is 0 Å². The zero-order chi connectivity index (χ0) is 22.8. The van der Waals surface area contributed by atoms with Crippen molar-refractivity contribution in [2.24, 2.45) is 0 Å². The number of hydrogen-bond donors (Lipinski definition) is 0. The molecule has 0 N–H and O–H groups in total. The quantitative estimate of drug-likeness (QED) is 0.543. The van der Waals surface area contributed by atoms with Crippen molar-refractivity contribution in [1.82, 2.24) is 0 Å². The summed E-state index contributed by atoms with van der Waals surface area (Å²) in [6.07, 6.45) is 0. The number of anilines is 1. The fourth-order valence-electron chi connectivity index (χ4n) is 3.25. The molecule has 0 aromatic heterocycles. The fourth-order valence-corrected chi connectivity index (χ4v) is 4.72. The minimum absolute atomic E-state index is 0.0547. The van der Waals surface area contributed by atoms with E-state index in [1.807, 2.05) is 45.9 Å². The predicted octanol–water partition coefficient (Wildman–Crippen LogP) is 5.03. The maximum absolute atomic E-state index is 13.5. The summed E-state index contributed by atoms with van der Waals surface area (Å²) in [6.45, 7) is 9.02. The van der Waals surface area contributed by atoms with Crippen molar-refractivity contribution in [2.45, 2.75) is 39.5 Å². The van der Waals surface area contributed by atoms with E-state index in [1.54, 1.807) is 37.3 Å². The largest absolute Gasteiger partial charge is 0.483 e. The minimum atomic E-state index is -4.13. The van der Waals surface area contributed by atoms with Crippen LogP contribution in [0.25, 0.3) is 0 Å². The van der Waals surface area contributed by atoms with E-state index in [0.29, 0.717) is 11.4 Å². The minimum Gasteiger partial charge on any atom is -0.483 e. The summed E-state index contributed by atoms with van der Waals surface area (Å²) in [5.41, 5.74) is 4.82. The molecule has 0 aliphatic heterocycles. The van der Waals surface area contributed by atoms with Gasteiger partial charge < -0.3 is 4.74 Å². The van der Waals surface area contributed by atoms with E-state index < -0.39 is 22.5 Å². The molecule has 0 saturated heterocycles. The molecule has 0 fully saturated rings. The van der Waals surface area contributed by atoms with E-state index in [0.717, 1.165) is 32.1 Å². The van der Waals surface area contributed by atoms with Crippen LogP contribution in [0.4, 0.5) is 5.69 Å². The first-order valence-electron chi connectivity index (χ1n) is 10.0. The number of carbonyl (C=O) groups excluding carboxylic acids is 1. The summed E-state index contributed by atoms with van der Waals surface area (Å²) in [4.78, 5) is 13.3. The Hall–Kier alpha value is -3.12. The summed E-state index contributed by atoms with van der Waals surface area (Å²) >= 11 is 0. The first-order valence-corrected chi connectivity index (χ1v) is 11.5. The SMILES string of the molecule is Cc1ccc(S(=O)(=O)N(C(=O)COc2cccc(C)c2C)c2cccc(C)c2C)cc1. The van der Waals surface area contributed by atoms with Gasteiger partial charge in [0.25, 0.3) is 15.9 Å². The zero-order valence-electron chi connectivity index (χ0n) is 18.5. The number of aryl methyl sites for hydroxylation is 3. The summed E-state index contributed by atoms with van der Waals surface area (Å²) in [5, 5.41) is 0. The van der Waals surface area contributed by atoms with Gasteiger partial charge in [0.1, 0.15) is 5.75 Å². The molecule has 0 atom stereocenters. The van der Waals surface area contributed by atoms with Crippen molar-refractivity contribution < 1.29 is 17.9 Å². The molecule has 0 radical (unpaired) electrons. The van der Waals surface area contributed by atoms with Crippen molar-refractivity contribution in [3.05, 3.63) is 88.5 Å². The second-order valence-electron chi connectivity index (χ2n) is 7.68. The predicted molar refractivity (Wildman–Crippen MR) is 123 cm³/mol. The summed E-state index contributed by atoms with van der Waals surface area (Å²) in [5.74, 6) is -0.0998. The Morgan fingerprint density at radius 2 is 1.39 bits per heavy atom. The number of rotatable bonds is 6. The third kappa shape index (κ3) is 4.64. The van der Waals surface area contributed by atoms with Gasteiger partial charge in [0.15, 0.2) is 6.61 Å². The van der Waals surface area contributed by atoms with Crippen LogP contribution in [0, 0.1) is 34.6 Å². The lowest BCUT2D eigenvalue weighted by molar-refractivity contribution is -0.119. The molecule has 0 spiro atoms. The molecule has 1 amide bonds. The van der Waals surface area contributed by atoms with Crippen molar-refractivity contribution in [2.75, 3.05) is 10.9 Å². The van der Waals surface area contributed by atoms with Gasteiger partial charge in [-0.3, -0.25) is 4.79 Å². The molecule has 3 rings (SSSR count). The maximum atomic E-state index is 13.5. The van der Waals surface area contributed by atoms with Crippen LogP contribution < -0.4 is 9.04 Å². The lowest BCUT2D eigenvalue weighted by Crippen LogP contribution is -2.40. The van der Waals surface area contributed by atoms with Crippen molar-refractivity contribution in [1.29, 1.82) is 0 Å². The highest BCUT2D eigenvalue weighted by atomic mass is 32.2. The Morgan fingerprint density at radius 1 is 0.806 bits per heavy atom. The first kappa shape index (κ1) is 22.6. The van der Waals surface area contributed by atoms with E-state index in [9.17, 15) is 13.2 Å². The Labute approximate surface area is 184 Å². The Balaban J connectivity index is 2.03. The van der Waals surface area contributed by atoms with Gasteiger partial charge in [0, 0.05) is 0 Å².